The minimum Gasteiger partial charge on any atom is -0.493 e. The molecule has 182 valence electrons. The van der Waals surface area contributed by atoms with Crippen molar-refractivity contribution in [2.75, 3.05) is 6.26 Å². The summed E-state index contributed by atoms with van der Waals surface area (Å²) in [6.45, 7) is -0.214. The zero-order chi connectivity index (χ0) is 25.6. The van der Waals surface area contributed by atoms with Crippen LogP contribution in [0.5, 0.6) is 5.88 Å². The van der Waals surface area contributed by atoms with E-state index in [0.717, 1.165) is 6.26 Å². The Balaban J connectivity index is 1.52. The first-order chi connectivity index (χ1) is 17.1. The average Bonchev–Trinajstić information content (AvgIpc) is 3.33. The van der Waals surface area contributed by atoms with Gasteiger partial charge in [0.05, 0.1) is 21.4 Å². The molecular formula is C24H17Cl2N5O4S. The van der Waals surface area contributed by atoms with E-state index >= 15 is 0 Å². The molecule has 0 radical (unpaired) electrons. The molecule has 0 saturated heterocycles. The van der Waals surface area contributed by atoms with Crippen LogP contribution in [-0.2, 0) is 21.2 Å². The Hall–Kier alpha value is -3.73. The zero-order valence-electron chi connectivity index (χ0n) is 18.6. The van der Waals surface area contributed by atoms with Crippen molar-refractivity contribution < 1.29 is 18.3 Å². The van der Waals surface area contributed by atoms with Gasteiger partial charge in [-0.1, -0.05) is 23.2 Å². The van der Waals surface area contributed by atoms with E-state index in [2.05, 4.69) is 20.2 Å². The van der Waals surface area contributed by atoms with E-state index in [4.69, 9.17) is 23.2 Å². The minimum absolute atomic E-state index is 0.0970. The van der Waals surface area contributed by atoms with Crippen LogP contribution in [0.4, 0.5) is 5.69 Å². The molecular weight excluding hydrogens is 525 g/mol. The third-order valence-corrected chi connectivity index (χ3v) is 7.12. The number of amides is 1. The molecule has 0 fully saturated rings. The number of aromatic nitrogens is 3. The van der Waals surface area contributed by atoms with Crippen molar-refractivity contribution in [1.29, 1.82) is 0 Å². The van der Waals surface area contributed by atoms with E-state index in [1.807, 2.05) is 0 Å². The fourth-order valence-electron chi connectivity index (χ4n) is 3.84. The van der Waals surface area contributed by atoms with E-state index in [-0.39, 0.29) is 23.0 Å². The maximum atomic E-state index is 12.9. The summed E-state index contributed by atoms with van der Waals surface area (Å²) in [4.78, 5) is 20.4. The van der Waals surface area contributed by atoms with Crippen LogP contribution >= 0.6 is 23.2 Å². The largest absolute Gasteiger partial charge is 0.493 e. The minimum atomic E-state index is -3.37. The van der Waals surface area contributed by atoms with Gasteiger partial charge in [-0.15, -0.1) is 10.2 Å². The molecule has 3 aromatic carbocycles. The van der Waals surface area contributed by atoms with Crippen LogP contribution in [0.3, 0.4) is 0 Å². The van der Waals surface area contributed by atoms with Crippen LogP contribution in [0.25, 0.3) is 33.3 Å². The highest BCUT2D eigenvalue weighted by Gasteiger charge is 2.17. The second kappa shape index (κ2) is 9.05. The van der Waals surface area contributed by atoms with Gasteiger partial charge in [0.15, 0.2) is 15.5 Å². The molecule has 5 aromatic rings. The van der Waals surface area contributed by atoms with Crippen molar-refractivity contribution >= 4 is 66.6 Å². The molecule has 0 aliphatic heterocycles. The number of halogens is 2. The Bertz CT molecular complexity index is 1790. The molecule has 0 spiro atoms. The third-order valence-electron chi connectivity index (χ3n) is 5.52. The molecule has 2 N–H and O–H groups in total. The highest BCUT2D eigenvalue weighted by molar-refractivity contribution is 7.90. The molecule has 36 heavy (non-hydrogen) atoms. The van der Waals surface area contributed by atoms with Crippen molar-refractivity contribution in [3.05, 3.63) is 70.7 Å². The number of fused-ring (bicyclic) bond motifs is 2. The molecule has 12 heteroatoms. The highest BCUT2D eigenvalue weighted by Crippen LogP contribution is 2.37. The number of carbonyl (C=O) groups is 1. The number of aromatic hydroxyl groups is 1. The van der Waals surface area contributed by atoms with Crippen molar-refractivity contribution in [2.45, 2.75) is 11.4 Å². The van der Waals surface area contributed by atoms with Crippen LogP contribution < -0.4 is 0 Å². The number of H-pyrrole nitrogens is 1. The fraction of sp³-hybridized carbons (Fsp3) is 0.0833. The molecule has 1 amide bonds. The first-order valence-corrected chi connectivity index (χ1v) is 13.2. The first kappa shape index (κ1) is 24.0. The van der Waals surface area contributed by atoms with Crippen LogP contribution in [0.15, 0.2) is 75.8 Å². The number of aromatic amines is 1. The molecule has 0 aliphatic carbocycles. The molecule has 2 aromatic heterocycles. The number of hydrogen-bond donors (Lipinski definition) is 2. The summed E-state index contributed by atoms with van der Waals surface area (Å²) in [6, 6.07) is 16.2. The molecule has 2 heterocycles. The lowest BCUT2D eigenvalue weighted by Crippen LogP contribution is -2.09. The Morgan fingerprint density at radius 2 is 1.75 bits per heavy atom. The van der Waals surface area contributed by atoms with E-state index in [1.54, 1.807) is 53.1 Å². The molecule has 0 saturated carbocycles. The van der Waals surface area contributed by atoms with E-state index < -0.39 is 15.7 Å². The summed E-state index contributed by atoms with van der Waals surface area (Å²) in [5, 5.41) is 19.4. The second-order valence-electron chi connectivity index (χ2n) is 8.06. The lowest BCUT2D eigenvalue weighted by atomic mass is 10.2. The first-order valence-electron chi connectivity index (χ1n) is 10.5. The van der Waals surface area contributed by atoms with Gasteiger partial charge in [0.2, 0.25) is 5.88 Å². The van der Waals surface area contributed by atoms with E-state index in [0.29, 0.717) is 43.4 Å². The maximum Gasteiger partial charge on any atom is 0.284 e. The van der Waals surface area contributed by atoms with Crippen molar-refractivity contribution in [3.8, 4) is 17.3 Å². The van der Waals surface area contributed by atoms with Gasteiger partial charge >= 0.3 is 0 Å². The summed E-state index contributed by atoms with van der Waals surface area (Å²) < 4.78 is 25.3. The normalized spacial score (nSPS) is 12.2. The number of sulfone groups is 1. The summed E-state index contributed by atoms with van der Waals surface area (Å²) in [5.74, 6) is -0.412. The smallest absolute Gasteiger partial charge is 0.284 e. The summed E-state index contributed by atoms with van der Waals surface area (Å²) >= 11 is 12.2. The second-order valence-corrected chi connectivity index (χ2v) is 10.9. The number of nitrogens with zero attached hydrogens (tertiary/aromatic N) is 4. The monoisotopic (exact) mass is 541 g/mol. The van der Waals surface area contributed by atoms with Crippen LogP contribution in [-0.4, -0.2) is 40.2 Å². The Kier molecular flexibility index (Phi) is 6.03. The third kappa shape index (κ3) is 4.58. The molecule has 0 atom stereocenters. The number of azo groups is 1. The standard InChI is InChI=1S/C24H17Cl2N5O4S/c1-36(34,35)16-6-2-13(3-7-16)23-27-19-11-15(26)5-9-20(19)31(23)12-21(32)29-30-22-17-10-14(25)4-8-18(17)28-24(22)33/h2-11,28,33H,12H2,1H3. The summed E-state index contributed by atoms with van der Waals surface area (Å²) in [6.07, 6.45) is 1.13. The van der Waals surface area contributed by atoms with Crippen LogP contribution in [0.1, 0.15) is 0 Å². The highest BCUT2D eigenvalue weighted by atomic mass is 35.5. The lowest BCUT2D eigenvalue weighted by molar-refractivity contribution is -0.118. The Labute approximate surface area is 214 Å². The van der Waals surface area contributed by atoms with Gasteiger partial charge in [-0.2, -0.15) is 0 Å². The number of rotatable bonds is 5. The van der Waals surface area contributed by atoms with Gasteiger partial charge in [0.25, 0.3) is 5.91 Å². The fourth-order valence-corrected chi connectivity index (χ4v) is 4.81. The lowest BCUT2D eigenvalue weighted by Gasteiger charge is -2.07. The molecule has 9 nitrogen and oxygen atoms in total. The van der Waals surface area contributed by atoms with E-state index in [9.17, 15) is 18.3 Å². The molecule has 0 unspecified atom stereocenters. The quantitative estimate of drug-likeness (QED) is 0.267. The molecule has 0 aliphatic rings. The topological polar surface area (TPSA) is 130 Å². The van der Waals surface area contributed by atoms with Crippen LogP contribution in [0.2, 0.25) is 10.0 Å². The maximum absolute atomic E-state index is 12.9. The van der Waals surface area contributed by atoms with Crippen molar-refractivity contribution in [2.24, 2.45) is 10.2 Å². The van der Waals surface area contributed by atoms with Gasteiger partial charge < -0.3 is 14.7 Å². The Morgan fingerprint density at radius 1 is 1.06 bits per heavy atom. The number of imidazole rings is 1. The predicted molar refractivity (Wildman–Crippen MR) is 138 cm³/mol. The average molecular weight is 542 g/mol. The SMILES string of the molecule is CS(=O)(=O)c1ccc(-c2nc3cc(Cl)ccc3n2CC(=O)N=Nc2c(O)[nH]c3ccc(Cl)cc23)cc1. The van der Waals surface area contributed by atoms with Crippen molar-refractivity contribution in [1.82, 2.24) is 14.5 Å². The number of hydrogen-bond acceptors (Lipinski definition) is 6. The van der Waals surface area contributed by atoms with Crippen molar-refractivity contribution in [3.63, 3.8) is 0 Å². The van der Waals surface area contributed by atoms with Gasteiger partial charge in [-0.3, -0.25) is 4.79 Å². The van der Waals surface area contributed by atoms with E-state index in [1.165, 1.54) is 12.1 Å². The zero-order valence-corrected chi connectivity index (χ0v) is 20.9. The number of carbonyl (C=O) groups excluding carboxylic acids is 1. The van der Waals surface area contributed by atoms with Crippen LogP contribution in [0, 0.1) is 0 Å². The summed E-state index contributed by atoms with van der Waals surface area (Å²) in [7, 11) is -3.37. The molecule has 5 rings (SSSR count). The van der Waals surface area contributed by atoms with Gasteiger partial charge in [0.1, 0.15) is 12.4 Å². The van der Waals surface area contributed by atoms with Gasteiger partial charge in [-0.05, 0) is 60.7 Å². The number of benzene rings is 3. The number of nitrogens with one attached hydrogen (secondary N) is 1. The van der Waals surface area contributed by atoms with Gasteiger partial charge in [-0.25, -0.2) is 13.4 Å². The predicted octanol–water partition coefficient (Wildman–Crippen LogP) is 5.91. The molecule has 0 bridgehead atoms. The summed E-state index contributed by atoms with van der Waals surface area (Å²) in [5.41, 5.74) is 2.48. The Morgan fingerprint density at radius 3 is 2.47 bits per heavy atom. The van der Waals surface area contributed by atoms with Gasteiger partial charge in [0, 0.05) is 27.3 Å².